The lowest BCUT2D eigenvalue weighted by Crippen LogP contribution is -2.26. The molecule has 0 N–H and O–H groups in total. The van der Waals surface area contributed by atoms with Crippen LogP contribution in [0.1, 0.15) is 0 Å². The second-order valence-corrected chi connectivity index (χ2v) is 4.29. The fraction of sp³-hybridized carbons (Fsp3) is 0. The fourth-order valence-electron chi connectivity index (χ4n) is 1.93. The van der Waals surface area contributed by atoms with Crippen molar-refractivity contribution in [2.75, 3.05) is 0 Å². The molecule has 0 aliphatic carbocycles. The Hall–Kier alpha value is -3.42. The fourth-order valence-corrected chi connectivity index (χ4v) is 1.93. The quantitative estimate of drug-likeness (QED) is 0.532. The highest BCUT2D eigenvalue weighted by molar-refractivity contribution is 5.87. The first-order valence-electron chi connectivity index (χ1n) is 6.13. The first-order chi connectivity index (χ1) is 10.6. The van der Waals surface area contributed by atoms with Crippen molar-refractivity contribution in [2.24, 2.45) is 0 Å². The van der Waals surface area contributed by atoms with Crippen molar-refractivity contribution < 1.29 is 18.9 Å². The van der Waals surface area contributed by atoms with Gasteiger partial charge in [0.1, 0.15) is 11.3 Å². The number of non-ortho nitro benzene ring substituents is 1. The minimum Gasteiger partial charge on any atom is -0.410 e. The van der Waals surface area contributed by atoms with Crippen LogP contribution in [-0.2, 0) is 0 Å². The summed E-state index contributed by atoms with van der Waals surface area (Å²) in [6, 6.07) is 11.6. The molecule has 22 heavy (non-hydrogen) atoms. The minimum atomic E-state index is -1.00. The van der Waals surface area contributed by atoms with E-state index in [1.807, 2.05) is 0 Å². The Morgan fingerprint density at radius 1 is 1.18 bits per heavy atom. The summed E-state index contributed by atoms with van der Waals surface area (Å²) in [7, 11) is 0. The van der Waals surface area contributed by atoms with Crippen LogP contribution in [-0.4, -0.2) is 15.6 Å². The zero-order valence-corrected chi connectivity index (χ0v) is 11.0. The highest BCUT2D eigenvalue weighted by Gasteiger charge is 2.20. The Morgan fingerprint density at radius 2 is 1.91 bits per heavy atom. The number of oxazole rings is 1. The number of nitro groups is 1. The number of para-hydroxylation sites is 1. The molecule has 0 aliphatic rings. The van der Waals surface area contributed by atoms with E-state index in [1.165, 1.54) is 24.3 Å². The third-order valence-corrected chi connectivity index (χ3v) is 2.91. The maximum Gasteiger partial charge on any atom is 0.429 e. The molecule has 8 heteroatoms. The number of nitrogens with zero attached hydrogens (tertiary/aromatic N) is 2. The summed E-state index contributed by atoms with van der Waals surface area (Å²) < 4.78 is 10.5. The topological polar surface area (TPSA) is 105 Å². The van der Waals surface area contributed by atoms with E-state index < -0.39 is 16.8 Å². The molecule has 0 saturated carbocycles. The molecule has 110 valence electrons. The Kier molecular flexibility index (Phi) is 3.18. The standard InChI is InChI=1S/C14H8N2O6/c17-13(21-10-4-2-1-3-5-10)15-11-8-9(16(19)20)6-7-12(11)22-14(15)18/h1-8H. The van der Waals surface area contributed by atoms with Crippen molar-refractivity contribution in [1.82, 2.24) is 4.57 Å². The number of carbonyl (C=O) groups excluding carboxylic acids is 1. The zero-order chi connectivity index (χ0) is 15.7. The van der Waals surface area contributed by atoms with Crippen molar-refractivity contribution in [3.05, 3.63) is 69.2 Å². The van der Waals surface area contributed by atoms with Gasteiger partial charge in [-0.15, -0.1) is 0 Å². The van der Waals surface area contributed by atoms with Gasteiger partial charge < -0.3 is 9.15 Å². The van der Waals surface area contributed by atoms with Crippen LogP contribution in [0.25, 0.3) is 11.1 Å². The first kappa shape index (κ1) is 13.6. The number of aromatic nitrogens is 1. The van der Waals surface area contributed by atoms with Crippen LogP contribution in [0.15, 0.2) is 57.7 Å². The lowest BCUT2D eigenvalue weighted by atomic mass is 10.3. The molecule has 0 bridgehead atoms. The predicted molar refractivity (Wildman–Crippen MR) is 75.0 cm³/mol. The molecular formula is C14H8N2O6. The molecule has 0 amide bonds. The van der Waals surface area contributed by atoms with Crippen LogP contribution in [0.5, 0.6) is 5.75 Å². The molecule has 1 aromatic heterocycles. The zero-order valence-electron chi connectivity index (χ0n) is 11.0. The van der Waals surface area contributed by atoms with Crippen molar-refractivity contribution in [2.45, 2.75) is 0 Å². The Morgan fingerprint density at radius 3 is 2.59 bits per heavy atom. The molecule has 8 nitrogen and oxygen atoms in total. The monoisotopic (exact) mass is 300 g/mol. The molecule has 0 radical (unpaired) electrons. The molecule has 0 spiro atoms. The van der Waals surface area contributed by atoms with E-state index in [4.69, 9.17) is 9.15 Å². The van der Waals surface area contributed by atoms with Gasteiger partial charge in [-0.3, -0.25) is 10.1 Å². The SMILES string of the molecule is O=C(Oc1ccccc1)n1c(=O)oc2ccc([N+](=O)[O-])cc21. The van der Waals surface area contributed by atoms with E-state index in [1.54, 1.807) is 18.2 Å². The van der Waals surface area contributed by atoms with Gasteiger partial charge >= 0.3 is 11.8 Å². The normalized spacial score (nSPS) is 10.5. The largest absolute Gasteiger partial charge is 0.429 e. The van der Waals surface area contributed by atoms with Gasteiger partial charge in [0.15, 0.2) is 5.58 Å². The summed E-state index contributed by atoms with van der Waals surface area (Å²) in [5, 5.41) is 10.8. The third-order valence-electron chi connectivity index (χ3n) is 2.91. The Balaban J connectivity index is 2.07. The molecular weight excluding hydrogens is 292 g/mol. The second kappa shape index (κ2) is 5.17. The first-order valence-corrected chi connectivity index (χ1v) is 6.13. The van der Waals surface area contributed by atoms with Gasteiger partial charge in [0.2, 0.25) is 0 Å². The average molecular weight is 300 g/mol. The number of benzene rings is 2. The van der Waals surface area contributed by atoms with Gasteiger partial charge in [0.25, 0.3) is 5.69 Å². The summed E-state index contributed by atoms with van der Waals surface area (Å²) in [6.45, 7) is 0. The number of carbonyl (C=O) groups is 1. The van der Waals surface area contributed by atoms with Crippen LogP contribution in [0.4, 0.5) is 10.5 Å². The van der Waals surface area contributed by atoms with Crippen molar-refractivity contribution in [1.29, 1.82) is 0 Å². The number of hydrogen-bond donors (Lipinski definition) is 0. The van der Waals surface area contributed by atoms with Gasteiger partial charge in [-0.05, 0) is 18.2 Å². The van der Waals surface area contributed by atoms with Crippen molar-refractivity contribution >= 4 is 22.9 Å². The molecule has 0 saturated heterocycles. The van der Waals surface area contributed by atoms with Gasteiger partial charge in [-0.25, -0.2) is 9.59 Å². The maximum atomic E-state index is 12.1. The summed E-state index contributed by atoms with van der Waals surface area (Å²) in [4.78, 5) is 34.0. The Labute approximate surface area is 122 Å². The Bertz CT molecular complexity index is 925. The maximum absolute atomic E-state index is 12.1. The number of hydrogen-bond acceptors (Lipinski definition) is 6. The number of nitro benzene ring substituents is 1. The van der Waals surface area contributed by atoms with E-state index in [-0.39, 0.29) is 22.5 Å². The average Bonchev–Trinajstić information content (AvgIpc) is 2.83. The highest BCUT2D eigenvalue weighted by Crippen LogP contribution is 2.20. The summed E-state index contributed by atoms with van der Waals surface area (Å²) in [5.41, 5.74) is -0.240. The molecule has 3 rings (SSSR count). The van der Waals surface area contributed by atoms with E-state index in [2.05, 4.69) is 0 Å². The van der Waals surface area contributed by atoms with Gasteiger partial charge in [-0.2, -0.15) is 4.57 Å². The predicted octanol–water partition coefficient (Wildman–Crippen LogP) is 2.55. The van der Waals surface area contributed by atoms with Crippen LogP contribution in [0.2, 0.25) is 0 Å². The molecule has 0 fully saturated rings. The van der Waals surface area contributed by atoms with Gasteiger partial charge in [0.05, 0.1) is 4.92 Å². The number of rotatable bonds is 2. The molecule has 3 aromatic rings. The summed E-state index contributed by atoms with van der Waals surface area (Å²) in [5.74, 6) is -0.740. The lowest BCUT2D eigenvalue weighted by Gasteiger charge is -2.03. The molecule has 1 heterocycles. The van der Waals surface area contributed by atoms with Crippen LogP contribution in [0.3, 0.4) is 0 Å². The smallest absolute Gasteiger partial charge is 0.410 e. The number of fused-ring (bicyclic) bond motifs is 1. The minimum absolute atomic E-state index is 0.0277. The molecule has 0 unspecified atom stereocenters. The number of ether oxygens (including phenoxy) is 1. The second-order valence-electron chi connectivity index (χ2n) is 4.29. The van der Waals surface area contributed by atoms with Crippen molar-refractivity contribution in [3.8, 4) is 5.75 Å². The van der Waals surface area contributed by atoms with E-state index in [0.717, 1.165) is 6.07 Å². The molecule has 0 aliphatic heterocycles. The summed E-state index contributed by atoms with van der Waals surface area (Å²) in [6.07, 6.45) is -1.00. The molecule has 0 atom stereocenters. The van der Waals surface area contributed by atoms with E-state index in [9.17, 15) is 19.7 Å². The van der Waals surface area contributed by atoms with Crippen LogP contribution < -0.4 is 10.5 Å². The summed E-state index contributed by atoms with van der Waals surface area (Å²) >= 11 is 0. The van der Waals surface area contributed by atoms with E-state index >= 15 is 0 Å². The third kappa shape index (κ3) is 2.33. The highest BCUT2D eigenvalue weighted by atomic mass is 16.6. The van der Waals surface area contributed by atoms with Crippen LogP contribution in [0, 0.1) is 10.1 Å². The van der Waals surface area contributed by atoms with Gasteiger partial charge in [-0.1, -0.05) is 18.2 Å². The lowest BCUT2D eigenvalue weighted by molar-refractivity contribution is -0.384. The van der Waals surface area contributed by atoms with Gasteiger partial charge in [0, 0.05) is 12.1 Å². The molecule has 2 aromatic carbocycles. The van der Waals surface area contributed by atoms with Crippen molar-refractivity contribution in [3.63, 3.8) is 0 Å². The van der Waals surface area contributed by atoms with E-state index in [0.29, 0.717) is 4.57 Å². The van der Waals surface area contributed by atoms with Crippen LogP contribution >= 0.6 is 0 Å².